The van der Waals surface area contributed by atoms with Gasteiger partial charge in [0.05, 0.1) is 0 Å². The summed E-state index contributed by atoms with van der Waals surface area (Å²) >= 11 is 5.49. The topological polar surface area (TPSA) is 12.0 Å². The summed E-state index contributed by atoms with van der Waals surface area (Å²) in [5.41, 5.74) is 1.25. The summed E-state index contributed by atoms with van der Waals surface area (Å²) in [7, 11) is 0. The van der Waals surface area contributed by atoms with Gasteiger partial charge in [-0.15, -0.1) is 18.3 Å². The predicted molar refractivity (Wildman–Crippen MR) is 86.4 cm³/mol. The molecule has 0 aromatic heterocycles. The molecule has 1 atom stereocenters. The Labute approximate surface area is 124 Å². The van der Waals surface area contributed by atoms with Crippen LogP contribution in [0.4, 0.5) is 0 Å². The van der Waals surface area contributed by atoms with Gasteiger partial charge in [-0.05, 0) is 54.4 Å². The molecule has 18 heavy (non-hydrogen) atoms. The van der Waals surface area contributed by atoms with Crippen molar-refractivity contribution in [2.75, 3.05) is 12.3 Å². The summed E-state index contributed by atoms with van der Waals surface area (Å²) in [5.74, 6) is 1.08. The second-order valence-electron chi connectivity index (χ2n) is 4.55. The molecule has 0 aliphatic rings. The summed E-state index contributed by atoms with van der Waals surface area (Å²) in [6.07, 6.45) is 2.23. The van der Waals surface area contributed by atoms with E-state index in [0.29, 0.717) is 6.04 Å². The zero-order valence-corrected chi connectivity index (χ0v) is 13.6. The smallest absolute Gasteiger partial charge is 0.0311 e. The first kappa shape index (κ1) is 15.8. The van der Waals surface area contributed by atoms with Crippen molar-refractivity contribution >= 4 is 27.7 Å². The molecule has 1 N–H and O–H groups in total. The molecule has 1 nitrogen and oxygen atoms in total. The summed E-state index contributed by atoms with van der Waals surface area (Å²) in [4.78, 5) is 1.31. The van der Waals surface area contributed by atoms with E-state index in [1.165, 1.54) is 21.4 Å². The molecule has 0 radical (unpaired) electrons. The molecule has 3 heteroatoms. The molecule has 0 saturated heterocycles. The van der Waals surface area contributed by atoms with Gasteiger partial charge >= 0.3 is 0 Å². The SMILES string of the molecule is C=C(C)CC(CSc1ccccc1Br)NCCC. The number of hydrogen-bond donors (Lipinski definition) is 1. The maximum atomic E-state index is 4.02. The highest BCUT2D eigenvalue weighted by atomic mass is 79.9. The van der Waals surface area contributed by atoms with Crippen LogP contribution in [0.2, 0.25) is 0 Å². The third-order valence-electron chi connectivity index (χ3n) is 2.55. The van der Waals surface area contributed by atoms with Gasteiger partial charge in [0, 0.05) is 21.2 Å². The molecule has 0 aliphatic heterocycles. The first-order valence-corrected chi connectivity index (χ1v) is 8.16. The van der Waals surface area contributed by atoms with Crippen molar-refractivity contribution in [3.05, 3.63) is 40.9 Å². The molecule has 1 aromatic rings. The Balaban J connectivity index is 2.50. The largest absolute Gasteiger partial charge is 0.313 e. The molecule has 0 saturated carbocycles. The van der Waals surface area contributed by atoms with Crippen LogP contribution in [0.5, 0.6) is 0 Å². The van der Waals surface area contributed by atoms with E-state index < -0.39 is 0 Å². The summed E-state index contributed by atoms with van der Waals surface area (Å²) in [6.45, 7) is 9.40. The van der Waals surface area contributed by atoms with E-state index in [4.69, 9.17) is 0 Å². The van der Waals surface area contributed by atoms with Crippen molar-refractivity contribution in [3.8, 4) is 0 Å². The van der Waals surface area contributed by atoms with E-state index in [1.807, 2.05) is 11.8 Å². The van der Waals surface area contributed by atoms with Crippen LogP contribution >= 0.6 is 27.7 Å². The second-order valence-corrected chi connectivity index (χ2v) is 6.47. The van der Waals surface area contributed by atoms with Gasteiger partial charge in [-0.3, -0.25) is 0 Å². The Morgan fingerprint density at radius 1 is 1.44 bits per heavy atom. The monoisotopic (exact) mass is 327 g/mol. The maximum Gasteiger partial charge on any atom is 0.0311 e. The molecule has 1 rings (SSSR count). The van der Waals surface area contributed by atoms with Crippen LogP contribution in [0.3, 0.4) is 0 Å². The normalized spacial score (nSPS) is 12.4. The predicted octanol–water partition coefficient (Wildman–Crippen LogP) is 4.88. The average molecular weight is 328 g/mol. The summed E-state index contributed by atoms with van der Waals surface area (Å²) < 4.78 is 1.18. The zero-order chi connectivity index (χ0) is 13.4. The summed E-state index contributed by atoms with van der Waals surface area (Å²) in [5, 5.41) is 3.59. The molecule has 1 unspecified atom stereocenters. The number of thioether (sulfide) groups is 1. The Morgan fingerprint density at radius 2 is 2.17 bits per heavy atom. The highest BCUT2D eigenvalue weighted by molar-refractivity contribution is 9.10. The molecule has 100 valence electrons. The van der Waals surface area contributed by atoms with Gasteiger partial charge in [-0.2, -0.15) is 0 Å². The van der Waals surface area contributed by atoms with E-state index >= 15 is 0 Å². The van der Waals surface area contributed by atoms with Gasteiger partial charge < -0.3 is 5.32 Å². The fraction of sp³-hybridized carbons (Fsp3) is 0.467. The fourth-order valence-electron chi connectivity index (χ4n) is 1.71. The van der Waals surface area contributed by atoms with Gasteiger partial charge in [-0.1, -0.05) is 24.6 Å². The lowest BCUT2D eigenvalue weighted by molar-refractivity contribution is 0.549. The van der Waals surface area contributed by atoms with Crippen molar-refractivity contribution in [2.24, 2.45) is 0 Å². The lowest BCUT2D eigenvalue weighted by atomic mass is 10.1. The van der Waals surface area contributed by atoms with E-state index in [-0.39, 0.29) is 0 Å². The van der Waals surface area contributed by atoms with E-state index in [9.17, 15) is 0 Å². The van der Waals surface area contributed by atoms with Crippen LogP contribution in [0.15, 0.2) is 45.8 Å². The van der Waals surface area contributed by atoms with E-state index in [0.717, 1.165) is 18.7 Å². The maximum absolute atomic E-state index is 4.02. The lowest BCUT2D eigenvalue weighted by Crippen LogP contribution is -2.32. The highest BCUT2D eigenvalue weighted by Gasteiger charge is 2.09. The van der Waals surface area contributed by atoms with Gasteiger partial charge in [0.1, 0.15) is 0 Å². The Morgan fingerprint density at radius 3 is 2.78 bits per heavy atom. The standard InChI is InChI=1S/C15H22BrNS/c1-4-9-17-13(10-12(2)3)11-18-15-8-6-5-7-14(15)16/h5-8,13,17H,2,4,9-11H2,1,3H3. The van der Waals surface area contributed by atoms with Crippen LogP contribution in [-0.2, 0) is 0 Å². The van der Waals surface area contributed by atoms with Crippen LogP contribution in [0.25, 0.3) is 0 Å². The van der Waals surface area contributed by atoms with Crippen LogP contribution in [-0.4, -0.2) is 18.3 Å². The Bertz CT molecular complexity index is 379. The number of halogens is 1. The third kappa shape index (κ3) is 6.07. The van der Waals surface area contributed by atoms with Crippen molar-refractivity contribution in [1.82, 2.24) is 5.32 Å². The quantitative estimate of drug-likeness (QED) is 0.539. The molecule has 0 amide bonds. The number of benzene rings is 1. The molecular formula is C15H22BrNS. The Hall–Kier alpha value is -0.250. The number of hydrogen-bond acceptors (Lipinski definition) is 2. The van der Waals surface area contributed by atoms with Crippen LogP contribution < -0.4 is 5.32 Å². The van der Waals surface area contributed by atoms with Gasteiger partial charge in [-0.25, -0.2) is 0 Å². The molecular weight excluding hydrogens is 306 g/mol. The van der Waals surface area contributed by atoms with Gasteiger partial charge in [0.25, 0.3) is 0 Å². The second kappa shape index (κ2) is 8.78. The number of nitrogens with one attached hydrogen (secondary N) is 1. The van der Waals surface area contributed by atoms with Crippen molar-refractivity contribution in [3.63, 3.8) is 0 Å². The van der Waals surface area contributed by atoms with E-state index in [1.54, 1.807) is 0 Å². The van der Waals surface area contributed by atoms with Gasteiger partial charge in [0.15, 0.2) is 0 Å². The highest BCUT2D eigenvalue weighted by Crippen LogP contribution is 2.28. The minimum atomic E-state index is 0.513. The molecule has 1 aromatic carbocycles. The van der Waals surface area contributed by atoms with Crippen molar-refractivity contribution < 1.29 is 0 Å². The van der Waals surface area contributed by atoms with E-state index in [2.05, 4.69) is 65.9 Å². The van der Waals surface area contributed by atoms with Crippen molar-refractivity contribution in [1.29, 1.82) is 0 Å². The molecule has 0 fully saturated rings. The fourth-order valence-corrected chi connectivity index (χ4v) is 3.34. The van der Waals surface area contributed by atoms with Crippen LogP contribution in [0.1, 0.15) is 26.7 Å². The zero-order valence-electron chi connectivity index (χ0n) is 11.2. The minimum absolute atomic E-state index is 0.513. The third-order valence-corrected chi connectivity index (χ3v) is 4.74. The average Bonchev–Trinajstić information content (AvgIpc) is 2.34. The molecule has 0 bridgehead atoms. The summed E-state index contributed by atoms with van der Waals surface area (Å²) in [6, 6.07) is 8.90. The number of rotatable bonds is 8. The molecule has 0 aliphatic carbocycles. The van der Waals surface area contributed by atoms with Crippen LogP contribution in [0, 0.1) is 0 Å². The first-order chi connectivity index (χ1) is 8.63. The first-order valence-electron chi connectivity index (χ1n) is 6.38. The van der Waals surface area contributed by atoms with Crippen molar-refractivity contribution in [2.45, 2.75) is 37.6 Å². The molecule has 0 heterocycles. The Kier molecular flexibility index (Phi) is 7.71. The lowest BCUT2D eigenvalue weighted by Gasteiger charge is -2.18. The molecule has 0 spiro atoms. The van der Waals surface area contributed by atoms with Gasteiger partial charge in [0.2, 0.25) is 0 Å². The minimum Gasteiger partial charge on any atom is -0.313 e.